The van der Waals surface area contributed by atoms with E-state index < -0.39 is 0 Å². The zero-order valence-electron chi connectivity index (χ0n) is 34.6. The summed E-state index contributed by atoms with van der Waals surface area (Å²) in [7, 11) is 0. The highest BCUT2D eigenvalue weighted by atomic mass is 16.5. The van der Waals surface area contributed by atoms with Gasteiger partial charge in [0.05, 0.1) is 24.2 Å². The molecule has 3 aliphatic heterocycles. The van der Waals surface area contributed by atoms with Crippen LogP contribution in [-0.4, -0.2) is 106 Å². The third-order valence-corrected chi connectivity index (χ3v) is 12.2. The summed E-state index contributed by atoms with van der Waals surface area (Å²) in [5.74, 6) is 0.622. The second-order valence-corrected chi connectivity index (χ2v) is 16.4. The Morgan fingerprint density at radius 2 is 1.73 bits per heavy atom. The van der Waals surface area contributed by atoms with Crippen molar-refractivity contribution in [1.82, 2.24) is 29.6 Å². The Morgan fingerprint density at radius 3 is 2.43 bits per heavy atom. The molecule has 15 heteroatoms. The molecule has 9 N–H and O–H groups in total. The Balaban J connectivity index is 0.881. The number of rotatable bonds is 13. The van der Waals surface area contributed by atoms with Gasteiger partial charge < -0.3 is 56.9 Å². The molecule has 318 valence electrons. The van der Waals surface area contributed by atoms with Crippen LogP contribution < -0.4 is 27.8 Å². The third-order valence-electron chi connectivity index (χ3n) is 12.2. The van der Waals surface area contributed by atoms with Crippen LogP contribution >= 0.6 is 0 Å². The molecule has 2 aromatic carbocycles. The molecule has 2 aromatic heterocycles. The third kappa shape index (κ3) is 9.69. The van der Waals surface area contributed by atoms with Gasteiger partial charge >= 0.3 is 0 Å². The Bertz CT molecular complexity index is 2220. The van der Waals surface area contributed by atoms with Crippen LogP contribution in [-0.2, 0) is 14.3 Å². The SMILES string of the molecule is Cc1cn(C2CCN(CC3CCN(C(=O)c4ccc([C@H]5CN(C(/C=C(\N)c6ccccc6O)=C(N)N)[C@@H](C)CO5)cc4)CC3)CC2)c2ncc(NC(=O)CCNC=O)cc12. The van der Waals surface area contributed by atoms with E-state index in [-0.39, 0.29) is 42.0 Å². The van der Waals surface area contributed by atoms with Crippen LogP contribution in [0, 0.1) is 12.8 Å². The molecule has 3 saturated heterocycles. The van der Waals surface area contributed by atoms with Crippen molar-refractivity contribution in [2.75, 3.05) is 57.7 Å². The van der Waals surface area contributed by atoms with E-state index in [1.165, 1.54) is 0 Å². The van der Waals surface area contributed by atoms with E-state index in [0.717, 1.165) is 80.6 Å². The minimum absolute atomic E-state index is 0.0288. The van der Waals surface area contributed by atoms with Gasteiger partial charge in [0.15, 0.2) is 0 Å². The smallest absolute Gasteiger partial charge is 0.253 e. The average molecular weight is 819 g/mol. The summed E-state index contributed by atoms with van der Waals surface area (Å²) in [6.45, 7) is 9.87. The molecule has 4 aromatic rings. The van der Waals surface area contributed by atoms with Gasteiger partial charge in [0.2, 0.25) is 12.3 Å². The summed E-state index contributed by atoms with van der Waals surface area (Å²) >= 11 is 0. The van der Waals surface area contributed by atoms with Gasteiger partial charge in [-0.15, -0.1) is 0 Å². The molecule has 0 saturated carbocycles. The topological polar surface area (TPSA) is 210 Å². The van der Waals surface area contributed by atoms with Gasteiger partial charge in [-0.1, -0.05) is 24.3 Å². The molecule has 3 amide bonds. The van der Waals surface area contributed by atoms with Crippen molar-refractivity contribution >= 4 is 40.6 Å². The first kappa shape index (κ1) is 42.1. The number of aromatic hydroxyl groups is 1. The largest absolute Gasteiger partial charge is 0.507 e. The molecule has 0 bridgehead atoms. The van der Waals surface area contributed by atoms with Crippen LogP contribution in [0.15, 0.2) is 84.6 Å². The molecule has 2 atom stereocenters. The normalized spacial score (nSPS) is 19.6. The van der Waals surface area contributed by atoms with Gasteiger partial charge in [-0.25, -0.2) is 4.98 Å². The van der Waals surface area contributed by atoms with Crippen molar-refractivity contribution in [2.45, 2.75) is 64.1 Å². The number of nitrogens with one attached hydrogen (secondary N) is 2. The Kier molecular flexibility index (Phi) is 13.3. The molecule has 7 rings (SSSR count). The number of amides is 3. The number of para-hydroxylation sites is 1. The number of allylic oxidation sites excluding steroid dienone is 1. The van der Waals surface area contributed by atoms with Crippen LogP contribution in [0.2, 0.25) is 0 Å². The van der Waals surface area contributed by atoms with E-state index in [9.17, 15) is 19.5 Å². The number of hydrogen-bond donors (Lipinski definition) is 6. The van der Waals surface area contributed by atoms with E-state index in [2.05, 4.69) is 38.1 Å². The zero-order chi connectivity index (χ0) is 42.3. The fourth-order valence-electron chi connectivity index (χ4n) is 8.76. The van der Waals surface area contributed by atoms with Gasteiger partial charge in [-0.3, -0.25) is 14.4 Å². The average Bonchev–Trinajstić information content (AvgIpc) is 3.58. The number of carbonyl (C=O) groups excluding carboxylic acids is 3. The van der Waals surface area contributed by atoms with Crippen LogP contribution in [0.3, 0.4) is 0 Å². The number of nitrogens with zero attached hydrogens (tertiary/aromatic N) is 5. The van der Waals surface area contributed by atoms with Crippen molar-refractivity contribution in [3.05, 3.63) is 107 Å². The summed E-state index contributed by atoms with van der Waals surface area (Å²) in [6.07, 6.45) is 10.1. The first-order valence-electron chi connectivity index (χ1n) is 20.9. The highest BCUT2D eigenvalue weighted by Crippen LogP contribution is 2.33. The van der Waals surface area contributed by atoms with E-state index in [4.69, 9.17) is 26.9 Å². The molecule has 0 spiro atoms. The summed E-state index contributed by atoms with van der Waals surface area (Å²) in [5, 5.41) is 16.7. The van der Waals surface area contributed by atoms with Gasteiger partial charge in [0.1, 0.15) is 23.3 Å². The second-order valence-electron chi connectivity index (χ2n) is 16.4. The highest BCUT2D eigenvalue weighted by molar-refractivity contribution is 5.94. The number of likely N-dealkylation sites (tertiary alicyclic amines) is 2. The molecular weight excluding hydrogens is 761 g/mol. The minimum atomic E-state index is -0.276. The quantitative estimate of drug-likeness (QED) is 0.0641. The van der Waals surface area contributed by atoms with Crippen LogP contribution in [0.5, 0.6) is 5.75 Å². The predicted molar refractivity (Wildman–Crippen MR) is 232 cm³/mol. The molecular formula is C45H58N10O5. The number of fused-ring (bicyclic) bond motifs is 1. The van der Waals surface area contributed by atoms with Crippen molar-refractivity contribution < 1.29 is 24.2 Å². The van der Waals surface area contributed by atoms with E-state index in [1.54, 1.807) is 36.5 Å². The number of phenols is 1. The number of nitrogens with two attached hydrogens (primary N) is 3. The number of benzene rings is 2. The van der Waals surface area contributed by atoms with Crippen LogP contribution in [0.1, 0.15) is 78.2 Å². The van der Waals surface area contributed by atoms with Gasteiger partial charge in [0, 0.05) is 92.7 Å². The van der Waals surface area contributed by atoms with Gasteiger partial charge in [-0.2, -0.15) is 0 Å². The van der Waals surface area contributed by atoms with E-state index in [1.807, 2.05) is 42.2 Å². The summed E-state index contributed by atoms with van der Waals surface area (Å²) < 4.78 is 8.55. The van der Waals surface area contributed by atoms with Gasteiger partial charge in [0.25, 0.3) is 5.91 Å². The van der Waals surface area contributed by atoms with E-state index >= 15 is 0 Å². The number of ether oxygens (including phenoxy) is 1. The molecule has 3 aliphatic rings. The summed E-state index contributed by atoms with van der Waals surface area (Å²) in [5.41, 5.74) is 24.5. The molecule has 15 nitrogen and oxygen atoms in total. The number of piperidine rings is 2. The first-order chi connectivity index (χ1) is 29.0. The number of phenolic OH excluding ortho intramolecular Hbond substituents is 1. The lowest BCUT2D eigenvalue weighted by Crippen LogP contribution is -2.45. The fourth-order valence-corrected chi connectivity index (χ4v) is 8.76. The molecule has 60 heavy (non-hydrogen) atoms. The molecule has 0 radical (unpaired) electrons. The van der Waals surface area contributed by atoms with Crippen molar-refractivity contribution in [2.24, 2.45) is 23.1 Å². The maximum Gasteiger partial charge on any atom is 0.253 e. The first-order valence-corrected chi connectivity index (χ1v) is 20.9. The molecule has 0 aliphatic carbocycles. The van der Waals surface area contributed by atoms with Crippen molar-refractivity contribution in [3.8, 4) is 5.75 Å². The van der Waals surface area contributed by atoms with E-state index in [0.29, 0.717) is 66.3 Å². The molecule has 3 fully saturated rings. The number of morpholine rings is 1. The Morgan fingerprint density at radius 1 is 1.00 bits per heavy atom. The minimum Gasteiger partial charge on any atom is -0.507 e. The zero-order valence-corrected chi connectivity index (χ0v) is 34.6. The highest BCUT2D eigenvalue weighted by Gasteiger charge is 2.31. The van der Waals surface area contributed by atoms with Crippen molar-refractivity contribution in [3.63, 3.8) is 0 Å². The maximum absolute atomic E-state index is 13.6. The van der Waals surface area contributed by atoms with Crippen molar-refractivity contribution in [1.29, 1.82) is 0 Å². The van der Waals surface area contributed by atoms with Crippen LogP contribution in [0.4, 0.5) is 5.69 Å². The number of carbonyl (C=O) groups is 3. The lowest BCUT2D eigenvalue weighted by Gasteiger charge is -2.40. The molecule has 5 heterocycles. The monoisotopic (exact) mass is 818 g/mol. The number of hydrogen-bond acceptors (Lipinski definition) is 11. The lowest BCUT2D eigenvalue weighted by atomic mass is 9.94. The maximum atomic E-state index is 13.6. The Labute approximate surface area is 351 Å². The van der Waals surface area contributed by atoms with Crippen LogP contribution in [0.25, 0.3) is 16.7 Å². The Hall–Kier alpha value is -6.06. The number of aromatic nitrogens is 2. The lowest BCUT2D eigenvalue weighted by molar-refractivity contribution is -0.116. The summed E-state index contributed by atoms with van der Waals surface area (Å²) in [4.78, 5) is 47.7. The summed E-state index contributed by atoms with van der Waals surface area (Å²) in [6, 6.07) is 16.9. The molecule has 0 unspecified atom stereocenters. The standard InChI is InChI=1S/C45H58N10O5/c1-29-24-55(44-37(29)21-34(23-50-44)51-42(58)11-16-49-28-56)35-14-17-52(18-15-35)25-31-12-19-53(20-13-31)45(59)33-9-7-32(8-10-33)41-26-54(30(2)27-60-41)39(43(47)48)22-38(46)36-5-3-4-6-40(36)57/h3-10,21-24,28,30-31,35,41,57H,11-20,25-27,46-48H2,1-2H3,(H,49,56)(H,51,58)/b38-22-/t30-,41+/m0/s1. The number of pyridine rings is 1. The number of aryl methyl sites for hydroxylation is 1. The fraction of sp³-hybridized carbons (Fsp3) is 0.422. The predicted octanol–water partition coefficient (Wildman–Crippen LogP) is 4.16. The second kappa shape index (κ2) is 18.9. The van der Waals surface area contributed by atoms with Gasteiger partial charge in [-0.05, 0) is 93.0 Å². The number of anilines is 1.